The number of carboxylic acid groups (broad SMARTS) is 1. The van der Waals surface area contributed by atoms with Gasteiger partial charge in [0.1, 0.15) is 6.04 Å². The molecule has 2 atom stereocenters. The number of aliphatic carboxylic acids is 1. The maximum Gasteiger partial charge on any atom is 0.321 e. The molecule has 0 unspecified atom stereocenters. The molecule has 0 aromatic rings. The van der Waals surface area contributed by atoms with Crippen LogP contribution in [0.15, 0.2) is 0 Å². The topological polar surface area (TPSA) is 87.2 Å². The van der Waals surface area contributed by atoms with Crippen molar-refractivity contribution in [2.24, 2.45) is 5.73 Å². The lowest BCUT2D eigenvalue weighted by atomic mass is 10.4. The van der Waals surface area contributed by atoms with E-state index in [1.54, 1.807) is 0 Å². The fourth-order valence-corrected chi connectivity index (χ4v) is 1.22. The zero-order valence-electron chi connectivity index (χ0n) is 5.83. The summed E-state index contributed by atoms with van der Waals surface area (Å²) in [5.74, 6) is -0.0644. The Balaban J connectivity index is 3.68. The van der Waals surface area contributed by atoms with Gasteiger partial charge in [0, 0.05) is 11.5 Å². The first-order valence-corrected chi connectivity index (χ1v) is 4.51. The highest BCUT2D eigenvalue weighted by Gasteiger charge is 2.11. The number of nitrogens with two attached hydrogens (primary N) is 1. The van der Waals surface area contributed by atoms with Crippen LogP contribution in [0, 0.1) is 4.78 Å². The smallest absolute Gasteiger partial charge is 0.321 e. The average molecular weight is 164 g/mol. The van der Waals surface area contributed by atoms with Crippen LogP contribution in [0.5, 0.6) is 0 Å². The van der Waals surface area contributed by atoms with Crippen LogP contribution in [0.4, 0.5) is 0 Å². The van der Waals surface area contributed by atoms with Crippen LogP contribution in [0.1, 0.15) is 6.92 Å². The average Bonchev–Trinajstić information content (AvgIpc) is 1.87. The van der Waals surface area contributed by atoms with Crippen molar-refractivity contribution in [2.45, 2.75) is 13.0 Å². The third-order valence-electron chi connectivity index (χ3n) is 1.05. The largest absolute Gasteiger partial charge is 0.480 e. The maximum absolute atomic E-state index is 10.1. The summed E-state index contributed by atoms with van der Waals surface area (Å²) in [6.07, 6.45) is 0. The minimum absolute atomic E-state index is 0.270. The molecule has 0 saturated heterocycles. The number of carbonyl (C=O) groups is 1. The van der Waals surface area contributed by atoms with Crippen molar-refractivity contribution >= 4 is 16.7 Å². The summed E-state index contributed by atoms with van der Waals surface area (Å²) in [5, 5.41) is 8.32. The van der Waals surface area contributed by atoms with Gasteiger partial charge in [0.2, 0.25) is 0 Å². The molecule has 0 aromatic carbocycles. The molecule has 0 amide bonds. The second-order valence-electron chi connectivity index (χ2n) is 1.89. The van der Waals surface area contributed by atoms with Crippen LogP contribution in [0.3, 0.4) is 0 Å². The van der Waals surface area contributed by atoms with Crippen LogP contribution in [-0.2, 0) is 15.5 Å². The Morgan fingerprint density at radius 2 is 2.40 bits per heavy atom. The number of carboxylic acids is 1. The Kier molecular flexibility index (Phi) is 4.22. The minimum Gasteiger partial charge on any atom is -0.480 e. The normalized spacial score (nSPS) is 16.2. The first-order chi connectivity index (χ1) is 4.57. The quantitative estimate of drug-likeness (QED) is 0.537. The third kappa shape index (κ3) is 3.58. The van der Waals surface area contributed by atoms with Crippen LogP contribution >= 0.6 is 0 Å². The fraction of sp³-hybridized carbons (Fsp3) is 0.800. The zero-order valence-corrected chi connectivity index (χ0v) is 6.65. The molecule has 0 aliphatic carbocycles. The van der Waals surface area contributed by atoms with E-state index in [0.717, 1.165) is 0 Å². The van der Waals surface area contributed by atoms with Gasteiger partial charge in [0.15, 0.2) is 0 Å². The van der Waals surface area contributed by atoms with Crippen molar-refractivity contribution in [3.8, 4) is 0 Å². The second-order valence-corrected chi connectivity index (χ2v) is 3.79. The molecule has 0 radical (unpaired) electrons. The molecular weight excluding hydrogens is 152 g/mol. The molecule has 4 nitrogen and oxygen atoms in total. The predicted octanol–water partition coefficient (Wildman–Crippen LogP) is -0.201. The van der Waals surface area contributed by atoms with Gasteiger partial charge in [-0.15, -0.1) is 10.7 Å². The van der Waals surface area contributed by atoms with Crippen molar-refractivity contribution < 1.29 is 9.90 Å². The lowest BCUT2D eigenvalue weighted by Crippen LogP contribution is -2.35. The molecule has 10 heavy (non-hydrogen) atoms. The number of nitrogens with one attached hydrogen (secondary N) is 1. The molecule has 4 N–H and O–H groups in total. The maximum atomic E-state index is 10.1. The van der Waals surface area contributed by atoms with Crippen LogP contribution in [0.2, 0.25) is 0 Å². The van der Waals surface area contributed by atoms with Crippen LogP contribution in [0.25, 0.3) is 0 Å². The Bertz CT molecular complexity index is 149. The van der Waals surface area contributed by atoms with Gasteiger partial charge in [-0.1, -0.05) is 6.92 Å². The first kappa shape index (κ1) is 9.58. The van der Waals surface area contributed by atoms with E-state index in [1.165, 1.54) is 0 Å². The molecule has 0 spiro atoms. The summed E-state index contributed by atoms with van der Waals surface area (Å²) in [7, 11) is -0.583. The lowest BCUT2D eigenvalue weighted by Gasteiger charge is -2.05. The zero-order chi connectivity index (χ0) is 8.15. The number of rotatable bonds is 4. The summed E-state index contributed by atoms with van der Waals surface area (Å²) in [4.78, 5) is 10.1. The van der Waals surface area contributed by atoms with Gasteiger partial charge in [0.25, 0.3) is 0 Å². The van der Waals surface area contributed by atoms with E-state index in [2.05, 4.69) is 0 Å². The Labute approximate surface area is 62.3 Å². The van der Waals surface area contributed by atoms with Gasteiger partial charge in [0.05, 0.1) is 0 Å². The van der Waals surface area contributed by atoms with Gasteiger partial charge in [-0.05, 0) is 0 Å². The van der Waals surface area contributed by atoms with E-state index in [-0.39, 0.29) is 5.75 Å². The summed E-state index contributed by atoms with van der Waals surface area (Å²) >= 11 is 0. The Morgan fingerprint density at radius 3 is 2.70 bits per heavy atom. The van der Waals surface area contributed by atoms with Gasteiger partial charge < -0.3 is 10.8 Å². The van der Waals surface area contributed by atoms with E-state index in [1.807, 2.05) is 6.92 Å². The molecule has 0 fully saturated rings. The monoisotopic (exact) mass is 164 g/mol. The van der Waals surface area contributed by atoms with E-state index in [4.69, 9.17) is 15.6 Å². The number of hydrogen-bond donors (Lipinski definition) is 3. The molecule has 60 valence electrons. The third-order valence-corrected chi connectivity index (χ3v) is 2.50. The minimum atomic E-state index is -1.02. The van der Waals surface area contributed by atoms with Gasteiger partial charge in [-0.3, -0.25) is 9.57 Å². The number of hydrogen-bond acceptors (Lipinski definition) is 3. The standard InChI is InChI=1S/C5H12N2O2S/c1-2-10(7)3-4(6)5(8)9/h4,7H,2-3,6H2,1H3,(H,8,9)/t4-,10-/m0/s1. The van der Waals surface area contributed by atoms with Crippen LogP contribution < -0.4 is 5.73 Å². The Hall–Kier alpha value is -0.420. The molecular formula is C5H12N2O2S. The lowest BCUT2D eigenvalue weighted by molar-refractivity contribution is -0.137. The second kappa shape index (κ2) is 4.40. The molecule has 0 aromatic heterocycles. The van der Waals surface area contributed by atoms with Crippen molar-refractivity contribution in [2.75, 3.05) is 11.5 Å². The first-order valence-electron chi connectivity index (χ1n) is 2.95. The van der Waals surface area contributed by atoms with Gasteiger partial charge in [-0.2, -0.15) is 0 Å². The highest BCUT2D eigenvalue weighted by Crippen LogP contribution is 1.87. The molecule has 0 aliphatic heterocycles. The molecule has 5 heteroatoms. The highest BCUT2D eigenvalue weighted by molar-refractivity contribution is 7.86. The van der Waals surface area contributed by atoms with Crippen molar-refractivity contribution in [3.63, 3.8) is 0 Å². The van der Waals surface area contributed by atoms with Crippen molar-refractivity contribution in [1.29, 1.82) is 4.78 Å². The van der Waals surface area contributed by atoms with E-state index < -0.39 is 22.7 Å². The van der Waals surface area contributed by atoms with Gasteiger partial charge in [-0.25, -0.2) is 0 Å². The Morgan fingerprint density at radius 1 is 1.90 bits per heavy atom. The summed E-state index contributed by atoms with van der Waals surface area (Å²) < 4.78 is 7.23. The van der Waals surface area contributed by atoms with Crippen LogP contribution in [-0.4, -0.2) is 28.6 Å². The van der Waals surface area contributed by atoms with E-state index >= 15 is 0 Å². The highest BCUT2D eigenvalue weighted by atomic mass is 32.2. The van der Waals surface area contributed by atoms with Crippen molar-refractivity contribution in [3.05, 3.63) is 0 Å². The van der Waals surface area contributed by atoms with Crippen molar-refractivity contribution in [1.82, 2.24) is 0 Å². The fourth-order valence-electron chi connectivity index (χ4n) is 0.406. The molecule has 0 aliphatic rings. The van der Waals surface area contributed by atoms with E-state index in [9.17, 15) is 4.79 Å². The molecule has 0 bridgehead atoms. The molecule has 0 heterocycles. The summed E-state index contributed by atoms with van der Waals surface area (Å²) in [6, 6.07) is -0.860. The molecule has 0 saturated carbocycles. The SMILES string of the molecule is CC[S@](=N)C[C@H](N)C(=O)O. The van der Waals surface area contributed by atoms with E-state index in [0.29, 0.717) is 5.75 Å². The van der Waals surface area contributed by atoms with Gasteiger partial charge >= 0.3 is 5.97 Å². The predicted molar refractivity (Wildman–Crippen MR) is 41.1 cm³/mol. The summed E-state index contributed by atoms with van der Waals surface area (Å²) in [6.45, 7) is 1.85. The molecule has 0 rings (SSSR count). The summed E-state index contributed by atoms with van der Waals surface area (Å²) in [5.41, 5.74) is 5.18.